The van der Waals surface area contributed by atoms with Crippen molar-refractivity contribution in [3.05, 3.63) is 53.1 Å². The second kappa shape index (κ2) is 8.38. The van der Waals surface area contributed by atoms with Crippen molar-refractivity contribution in [3.63, 3.8) is 0 Å². The highest BCUT2D eigenvalue weighted by Crippen LogP contribution is 2.27. The van der Waals surface area contributed by atoms with Gasteiger partial charge in [0.2, 0.25) is 0 Å². The number of fused-ring (bicyclic) bond motifs is 1. The minimum Gasteiger partial charge on any atom is -0.493 e. The molecule has 0 saturated carbocycles. The van der Waals surface area contributed by atoms with Crippen LogP contribution in [0.3, 0.4) is 0 Å². The molecule has 26 heavy (non-hydrogen) atoms. The molecule has 0 bridgehead atoms. The lowest BCUT2D eigenvalue weighted by atomic mass is 10.1. The lowest BCUT2D eigenvalue weighted by Crippen LogP contribution is -2.17. The third-order valence-electron chi connectivity index (χ3n) is 4.26. The Hall–Kier alpha value is -3.02. The van der Waals surface area contributed by atoms with E-state index >= 15 is 0 Å². The Morgan fingerprint density at radius 2 is 1.88 bits per heavy atom. The van der Waals surface area contributed by atoms with Crippen molar-refractivity contribution in [1.29, 1.82) is 0 Å². The monoisotopic (exact) mass is 354 g/mol. The average Bonchev–Trinajstić information content (AvgIpc) is 3.12. The topological polar surface area (TPSA) is 69.2 Å². The van der Waals surface area contributed by atoms with E-state index in [-0.39, 0.29) is 12.5 Å². The zero-order valence-electron chi connectivity index (χ0n) is 15.0. The van der Waals surface area contributed by atoms with Crippen LogP contribution in [0.4, 0.5) is 5.69 Å². The maximum absolute atomic E-state index is 12.0. The average molecular weight is 354 g/mol. The molecule has 6 nitrogen and oxygen atoms in total. The zero-order valence-corrected chi connectivity index (χ0v) is 15.0. The first-order valence-corrected chi connectivity index (χ1v) is 8.48. The number of methoxy groups -OCH3 is 2. The summed E-state index contributed by atoms with van der Waals surface area (Å²) in [6.07, 6.45) is 4.90. The summed E-state index contributed by atoms with van der Waals surface area (Å²) in [4.78, 5) is 17.0. The number of nitrogens with one attached hydrogen (secondary N) is 1. The van der Waals surface area contributed by atoms with Crippen LogP contribution in [0.1, 0.15) is 23.1 Å². The van der Waals surface area contributed by atoms with Crippen molar-refractivity contribution in [1.82, 2.24) is 0 Å². The predicted molar refractivity (Wildman–Crippen MR) is 100 cm³/mol. The Balaban J connectivity index is 1.49. The molecule has 0 aliphatic heterocycles. The maximum atomic E-state index is 12.0. The first kappa shape index (κ1) is 17.8. The quantitative estimate of drug-likeness (QED) is 0.612. The van der Waals surface area contributed by atoms with Crippen LogP contribution in [-0.4, -0.2) is 32.9 Å². The highest BCUT2D eigenvalue weighted by molar-refractivity contribution is 5.92. The van der Waals surface area contributed by atoms with Gasteiger partial charge >= 0.3 is 0 Å². The largest absolute Gasteiger partial charge is 0.493 e. The number of hydrogen-bond acceptors (Lipinski definition) is 5. The number of carbonyl (C=O) groups is 1. The Morgan fingerprint density at radius 1 is 1.08 bits per heavy atom. The highest BCUT2D eigenvalue weighted by Gasteiger charge is 2.12. The molecule has 0 atom stereocenters. The van der Waals surface area contributed by atoms with Gasteiger partial charge in [-0.15, -0.1) is 0 Å². The third kappa shape index (κ3) is 4.33. The summed E-state index contributed by atoms with van der Waals surface area (Å²) >= 11 is 0. The number of ether oxygens (including phenoxy) is 2. The Morgan fingerprint density at radius 3 is 2.69 bits per heavy atom. The van der Waals surface area contributed by atoms with E-state index in [0.29, 0.717) is 11.5 Å². The van der Waals surface area contributed by atoms with Gasteiger partial charge in [-0.1, -0.05) is 11.2 Å². The molecule has 2 aromatic carbocycles. The second-order valence-electron chi connectivity index (χ2n) is 6.01. The van der Waals surface area contributed by atoms with Crippen LogP contribution in [-0.2, 0) is 22.5 Å². The van der Waals surface area contributed by atoms with E-state index in [1.165, 1.54) is 23.8 Å². The minimum atomic E-state index is -0.243. The Labute approximate surface area is 152 Å². The van der Waals surface area contributed by atoms with Crippen LogP contribution in [0.15, 0.2) is 41.6 Å². The molecular weight excluding hydrogens is 332 g/mol. The van der Waals surface area contributed by atoms with Crippen LogP contribution in [0.2, 0.25) is 0 Å². The van der Waals surface area contributed by atoms with Crippen molar-refractivity contribution in [2.24, 2.45) is 5.16 Å². The molecule has 0 heterocycles. The fourth-order valence-electron chi connectivity index (χ4n) is 2.97. The maximum Gasteiger partial charge on any atom is 0.265 e. The number of oxime groups is 1. The molecule has 1 aliphatic carbocycles. The number of hydrogen-bond donors (Lipinski definition) is 1. The number of amides is 1. The summed E-state index contributed by atoms with van der Waals surface area (Å²) < 4.78 is 10.4. The summed E-state index contributed by atoms with van der Waals surface area (Å²) in [6, 6.07) is 11.4. The summed E-state index contributed by atoms with van der Waals surface area (Å²) in [5.74, 6) is 0.998. The number of benzene rings is 2. The molecule has 3 rings (SSSR count). The lowest BCUT2D eigenvalue weighted by molar-refractivity contribution is -0.120. The molecule has 0 radical (unpaired) electrons. The summed E-state index contributed by atoms with van der Waals surface area (Å²) in [5.41, 5.74) is 4.26. The third-order valence-corrected chi connectivity index (χ3v) is 4.26. The molecule has 1 aliphatic rings. The number of aryl methyl sites for hydroxylation is 2. The standard InChI is InChI=1S/C20H22N2O4/c1-24-18-9-6-14(10-19(18)25-2)12-21-26-13-20(23)22-17-8-7-15-4-3-5-16(15)11-17/h6-12H,3-5,13H2,1-2H3,(H,22,23)/b21-12+. The number of carbonyl (C=O) groups excluding carboxylic acids is 1. The van der Waals surface area contributed by atoms with Crippen molar-refractivity contribution < 1.29 is 19.1 Å². The molecular formula is C20H22N2O4. The number of rotatable bonds is 7. The number of anilines is 1. The minimum absolute atomic E-state index is 0.152. The van der Waals surface area contributed by atoms with E-state index in [1.54, 1.807) is 26.4 Å². The van der Waals surface area contributed by atoms with Crippen LogP contribution < -0.4 is 14.8 Å². The van der Waals surface area contributed by atoms with E-state index in [4.69, 9.17) is 14.3 Å². The van der Waals surface area contributed by atoms with Gasteiger partial charge in [0.15, 0.2) is 18.1 Å². The Kier molecular flexibility index (Phi) is 5.73. The van der Waals surface area contributed by atoms with Gasteiger partial charge in [-0.25, -0.2) is 0 Å². The smallest absolute Gasteiger partial charge is 0.265 e. The van der Waals surface area contributed by atoms with Crippen molar-refractivity contribution >= 4 is 17.8 Å². The zero-order chi connectivity index (χ0) is 18.4. The van der Waals surface area contributed by atoms with Gasteiger partial charge in [0, 0.05) is 11.3 Å². The first-order valence-electron chi connectivity index (χ1n) is 8.48. The van der Waals surface area contributed by atoms with Crippen LogP contribution >= 0.6 is 0 Å². The van der Waals surface area contributed by atoms with E-state index in [0.717, 1.165) is 24.1 Å². The highest BCUT2D eigenvalue weighted by atomic mass is 16.6. The van der Waals surface area contributed by atoms with Gasteiger partial charge in [0.25, 0.3) is 5.91 Å². The Bertz CT molecular complexity index is 817. The van der Waals surface area contributed by atoms with Crippen LogP contribution in [0.25, 0.3) is 0 Å². The molecule has 1 amide bonds. The van der Waals surface area contributed by atoms with E-state index < -0.39 is 0 Å². The van der Waals surface area contributed by atoms with Gasteiger partial charge in [-0.2, -0.15) is 0 Å². The van der Waals surface area contributed by atoms with E-state index in [2.05, 4.69) is 16.5 Å². The molecule has 136 valence electrons. The van der Waals surface area contributed by atoms with Gasteiger partial charge in [0.05, 0.1) is 20.4 Å². The molecule has 0 saturated heterocycles. The van der Waals surface area contributed by atoms with Gasteiger partial charge < -0.3 is 19.6 Å². The van der Waals surface area contributed by atoms with Gasteiger partial charge in [0.1, 0.15) is 0 Å². The molecule has 0 fully saturated rings. The first-order chi connectivity index (χ1) is 12.7. The van der Waals surface area contributed by atoms with E-state index in [9.17, 15) is 4.79 Å². The molecule has 0 unspecified atom stereocenters. The molecule has 0 spiro atoms. The SMILES string of the molecule is COc1ccc(/C=N/OCC(=O)Nc2ccc3c(c2)CCC3)cc1OC. The van der Waals surface area contributed by atoms with Crippen molar-refractivity contribution in [3.8, 4) is 11.5 Å². The normalized spacial score (nSPS) is 12.7. The van der Waals surface area contributed by atoms with Crippen LogP contribution in [0, 0.1) is 0 Å². The molecule has 0 aromatic heterocycles. The fourth-order valence-corrected chi connectivity index (χ4v) is 2.97. The summed E-state index contributed by atoms with van der Waals surface area (Å²) in [5, 5.41) is 6.66. The number of nitrogens with zero attached hydrogens (tertiary/aromatic N) is 1. The molecule has 6 heteroatoms. The predicted octanol–water partition coefficient (Wildman–Crippen LogP) is 3.18. The van der Waals surface area contributed by atoms with Crippen molar-refractivity contribution in [2.45, 2.75) is 19.3 Å². The lowest BCUT2D eigenvalue weighted by Gasteiger charge is -2.07. The van der Waals surface area contributed by atoms with Crippen molar-refractivity contribution in [2.75, 3.05) is 26.1 Å². The fraction of sp³-hybridized carbons (Fsp3) is 0.300. The summed E-state index contributed by atoms with van der Waals surface area (Å²) in [7, 11) is 3.15. The van der Waals surface area contributed by atoms with Gasteiger partial charge in [-0.05, 0) is 60.7 Å². The summed E-state index contributed by atoms with van der Waals surface area (Å²) in [6.45, 7) is -0.152. The molecule has 1 N–H and O–H groups in total. The second-order valence-corrected chi connectivity index (χ2v) is 6.01. The van der Waals surface area contributed by atoms with Crippen LogP contribution in [0.5, 0.6) is 11.5 Å². The molecule has 2 aromatic rings. The van der Waals surface area contributed by atoms with Gasteiger partial charge in [-0.3, -0.25) is 4.79 Å². The van der Waals surface area contributed by atoms with E-state index in [1.807, 2.05) is 18.2 Å².